The summed E-state index contributed by atoms with van der Waals surface area (Å²) in [5.74, 6) is -2.35. The predicted octanol–water partition coefficient (Wildman–Crippen LogP) is 24.1. The molecule has 0 heterocycles. The van der Waals surface area contributed by atoms with E-state index in [1.807, 2.05) is 18.2 Å². The fourth-order valence-electron chi connectivity index (χ4n) is 9.95. The fourth-order valence-corrected chi connectivity index (χ4v) is 11.5. The Labute approximate surface area is 653 Å². The van der Waals surface area contributed by atoms with E-state index in [4.69, 9.17) is 37.0 Å². The molecule has 0 aromatic heterocycles. The van der Waals surface area contributed by atoms with Gasteiger partial charge in [-0.2, -0.15) is 0 Å². The average Bonchev–Trinajstić information content (AvgIpc) is 0.917. The summed E-state index contributed by atoms with van der Waals surface area (Å²) in [6.07, 6.45) is 97.1. The highest BCUT2D eigenvalue weighted by Crippen LogP contribution is 2.45. The minimum atomic E-state index is -5.01. The molecule has 0 aromatic carbocycles. The topological polar surface area (TPSA) is 237 Å². The molecule has 0 aliphatic heterocycles. The van der Waals surface area contributed by atoms with E-state index in [-0.39, 0.29) is 25.7 Å². The first kappa shape index (κ1) is 102. The van der Waals surface area contributed by atoms with Gasteiger partial charge in [-0.1, -0.05) is 286 Å². The summed E-state index contributed by atoms with van der Waals surface area (Å²) in [6, 6.07) is 0. The van der Waals surface area contributed by atoms with Crippen molar-refractivity contribution in [2.24, 2.45) is 0 Å². The van der Waals surface area contributed by atoms with E-state index < -0.39 is 97.5 Å². The van der Waals surface area contributed by atoms with Gasteiger partial charge in [-0.3, -0.25) is 37.3 Å². The highest BCUT2D eigenvalue weighted by Gasteiger charge is 2.30. The van der Waals surface area contributed by atoms with Crippen LogP contribution in [0.15, 0.2) is 194 Å². The number of hydrogen-bond acceptors (Lipinski definition) is 15. The summed E-state index contributed by atoms with van der Waals surface area (Å²) in [5.41, 5.74) is 0. The van der Waals surface area contributed by atoms with Crippen LogP contribution in [0.4, 0.5) is 0 Å². The molecule has 0 saturated carbocycles. The first-order valence-electron chi connectivity index (χ1n) is 40.7. The van der Waals surface area contributed by atoms with E-state index in [2.05, 4.69) is 204 Å². The Morgan fingerprint density at radius 2 is 0.500 bits per heavy atom. The Kier molecular flexibility index (Phi) is 74.5. The normalized spacial score (nSPS) is 14.8. The van der Waals surface area contributed by atoms with Crippen LogP contribution in [0.2, 0.25) is 0 Å². The number of unbranched alkanes of at least 4 members (excludes halogenated alkanes) is 16. The lowest BCUT2D eigenvalue weighted by Crippen LogP contribution is -2.30. The highest BCUT2D eigenvalue weighted by atomic mass is 31.2. The number of carbonyl (C=O) groups is 4. The molecule has 19 heteroatoms. The number of ether oxygens (including phenoxy) is 4. The maximum atomic E-state index is 13.1. The van der Waals surface area contributed by atoms with E-state index in [0.717, 1.165) is 193 Å². The lowest BCUT2D eigenvalue weighted by atomic mass is 10.1. The standard InChI is InChI=1S/C89H142O17P2/c1-5-9-13-17-21-25-29-32-35-38-41-44-47-50-54-57-61-65-69-73-86(91)99-79-84(105-88(93)75-71-67-63-59-53-28-24-20-16-12-8-4)81-103-107(95,96)101-77-83(90)78-102-108(97,98)104-82-85(106-89(94)76-72-68-64-60-56-52-49-46-43-40-37-34-31-27-23-19-15-11-7-3)80-100-87(92)74-70-66-62-58-55-51-48-45-42-39-36-33-30-26-22-18-14-10-6-2/h9-11,13-15,20-27,32-37,41-46,50-51,54-55,62,66,83-85,90H,5-8,12,16-19,28-31,38-40,47-49,52-53,56-61,63-65,67-82H2,1-4H3,(H,95,96)(H,97,98)/b13-9-,14-10-,15-11-,24-20-,25-21-,26-22-,27-23-,35-32-,36-33-,37-34-,44-41-,45-42-,46-43-,54-50-,55-51-,66-62-. The summed E-state index contributed by atoms with van der Waals surface area (Å²) >= 11 is 0. The van der Waals surface area contributed by atoms with Crippen LogP contribution in [-0.4, -0.2) is 96.7 Å². The number of carbonyl (C=O) groups excluding carboxylic acids is 4. The molecule has 0 aliphatic carbocycles. The van der Waals surface area contributed by atoms with Crippen molar-refractivity contribution in [3.63, 3.8) is 0 Å². The Hall–Kier alpha value is -6.10. The average molecular weight is 1550 g/mol. The largest absolute Gasteiger partial charge is 0.472 e. The molecular formula is C89H142O17P2. The van der Waals surface area contributed by atoms with Crippen molar-refractivity contribution in [2.45, 2.75) is 303 Å². The molecule has 0 radical (unpaired) electrons. The van der Waals surface area contributed by atoms with E-state index in [1.54, 1.807) is 0 Å². The zero-order chi connectivity index (χ0) is 78.9. The Morgan fingerprint density at radius 3 is 0.815 bits per heavy atom. The van der Waals surface area contributed by atoms with E-state index in [1.165, 1.54) is 6.42 Å². The monoisotopic (exact) mass is 1540 g/mol. The molecule has 108 heavy (non-hydrogen) atoms. The second-order valence-electron chi connectivity index (χ2n) is 26.2. The number of aliphatic hydroxyl groups excluding tert-OH is 1. The Balaban J connectivity index is 5.47. The zero-order valence-electron chi connectivity index (χ0n) is 66.7. The Morgan fingerprint density at radius 1 is 0.269 bits per heavy atom. The molecule has 5 atom stereocenters. The van der Waals surface area contributed by atoms with E-state index in [0.29, 0.717) is 32.1 Å². The van der Waals surface area contributed by atoms with Crippen molar-refractivity contribution < 1.29 is 80.2 Å². The van der Waals surface area contributed by atoms with Crippen LogP contribution in [0.5, 0.6) is 0 Å². The van der Waals surface area contributed by atoms with Crippen molar-refractivity contribution in [3.8, 4) is 0 Å². The third-order valence-corrected chi connectivity index (χ3v) is 17.9. The maximum Gasteiger partial charge on any atom is 0.472 e. The van der Waals surface area contributed by atoms with Crippen LogP contribution in [0.1, 0.15) is 285 Å². The van der Waals surface area contributed by atoms with Gasteiger partial charge in [0, 0.05) is 25.7 Å². The minimum Gasteiger partial charge on any atom is -0.462 e. The van der Waals surface area contributed by atoms with Crippen molar-refractivity contribution in [3.05, 3.63) is 194 Å². The van der Waals surface area contributed by atoms with Gasteiger partial charge in [0.25, 0.3) is 0 Å². The Bertz CT molecular complexity index is 2810. The van der Waals surface area contributed by atoms with Crippen LogP contribution in [-0.2, 0) is 65.4 Å². The van der Waals surface area contributed by atoms with Crippen LogP contribution in [0.3, 0.4) is 0 Å². The lowest BCUT2D eigenvalue weighted by molar-refractivity contribution is -0.161. The molecule has 0 aliphatic rings. The van der Waals surface area contributed by atoms with Crippen molar-refractivity contribution in [2.75, 3.05) is 39.6 Å². The predicted molar refractivity (Wildman–Crippen MR) is 445 cm³/mol. The van der Waals surface area contributed by atoms with Crippen molar-refractivity contribution in [1.82, 2.24) is 0 Å². The van der Waals surface area contributed by atoms with Crippen LogP contribution in [0.25, 0.3) is 0 Å². The van der Waals surface area contributed by atoms with Gasteiger partial charge in [0.2, 0.25) is 0 Å². The molecule has 3 N–H and O–H groups in total. The number of phosphoric ester groups is 2. The van der Waals surface area contributed by atoms with Crippen LogP contribution in [0, 0.1) is 0 Å². The molecular weight excluding hydrogens is 1400 g/mol. The number of phosphoric acid groups is 2. The van der Waals surface area contributed by atoms with Gasteiger partial charge in [-0.05, 0) is 167 Å². The molecule has 0 saturated heterocycles. The summed E-state index contributed by atoms with van der Waals surface area (Å²) in [4.78, 5) is 73.0. The molecule has 0 rings (SSSR count). The van der Waals surface area contributed by atoms with Gasteiger partial charge in [0.1, 0.15) is 19.3 Å². The second-order valence-corrected chi connectivity index (χ2v) is 29.1. The summed E-state index contributed by atoms with van der Waals surface area (Å²) in [7, 11) is -10.0. The second kappa shape index (κ2) is 79.0. The number of aliphatic hydroxyl groups is 1. The van der Waals surface area contributed by atoms with Gasteiger partial charge in [0.05, 0.1) is 26.4 Å². The third-order valence-electron chi connectivity index (χ3n) is 16.0. The van der Waals surface area contributed by atoms with E-state index >= 15 is 0 Å². The van der Waals surface area contributed by atoms with Crippen molar-refractivity contribution in [1.29, 1.82) is 0 Å². The van der Waals surface area contributed by atoms with Gasteiger partial charge in [-0.15, -0.1) is 0 Å². The van der Waals surface area contributed by atoms with E-state index in [9.17, 15) is 43.2 Å². The quantitative estimate of drug-likeness (QED) is 0.0169. The minimum absolute atomic E-state index is 0.0246. The van der Waals surface area contributed by atoms with Crippen LogP contribution < -0.4 is 0 Å². The smallest absolute Gasteiger partial charge is 0.462 e. The number of hydrogen-bond donors (Lipinski definition) is 3. The number of esters is 4. The van der Waals surface area contributed by atoms with Crippen molar-refractivity contribution >= 4 is 39.5 Å². The molecule has 0 amide bonds. The third kappa shape index (κ3) is 78.0. The lowest BCUT2D eigenvalue weighted by Gasteiger charge is -2.21. The number of rotatable bonds is 74. The fraction of sp³-hybridized carbons (Fsp3) is 0.596. The first-order chi connectivity index (χ1) is 52.7. The molecule has 0 spiro atoms. The van der Waals surface area contributed by atoms with Gasteiger partial charge < -0.3 is 33.8 Å². The summed E-state index contributed by atoms with van der Waals surface area (Å²) < 4.78 is 68.5. The summed E-state index contributed by atoms with van der Waals surface area (Å²) in [5, 5.41) is 10.6. The van der Waals surface area contributed by atoms with Gasteiger partial charge in [0.15, 0.2) is 12.2 Å². The van der Waals surface area contributed by atoms with Gasteiger partial charge >= 0.3 is 39.5 Å². The summed E-state index contributed by atoms with van der Waals surface area (Å²) in [6.45, 7) is 4.32. The number of allylic oxidation sites excluding steroid dienone is 32. The molecule has 17 nitrogen and oxygen atoms in total. The maximum absolute atomic E-state index is 13.1. The molecule has 0 bridgehead atoms. The SMILES string of the molecule is CC/C=C\C/C=C\C/C=C\C/C=C\C/C=C\C/C=C\CCC(=O)OCC(COP(=O)(O)OCC(O)COP(=O)(O)OCC(COC(=O)CCCCC/C=C\C/C=C\C/C=C\C/C=C\C/C=C\CC)OC(=O)CCCCCCC/C=C\CCCC)OC(=O)CCCCCCCC/C=C\C/C=C\C/C=C\C/C=C\CC. The highest BCUT2D eigenvalue weighted by molar-refractivity contribution is 7.47. The molecule has 5 unspecified atom stereocenters. The zero-order valence-corrected chi connectivity index (χ0v) is 68.5. The van der Waals surface area contributed by atoms with Gasteiger partial charge in [-0.25, -0.2) is 9.13 Å². The molecule has 0 aromatic rings. The first-order valence-corrected chi connectivity index (χ1v) is 43.7. The molecule has 0 fully saturated rings. The van der Waals surface area contributed by atoms with Crippen LogP contribution >= 0.6 is 15.6 Å². The molecule has 610 valence electrons.